The van der Waals surface area contributed by atoms with Crippen molar-refractivity contribution in [3.8, 4) is 0 Å². The summed E-state index contributed by atoms with van der Waals surface area (Å²) in [4.78, 5) is 14.3. The van der Waals surface area contributed by atoms with Crippen LogP contribution < -0.4 is 5.32 Å². The number of aliphatic hydroxyl groups excluding tert-OH is 1. The zero-order valence-corrected chi connectivity index (χ0v) is 12.0. The minimum Gasteiger partial charge on any atom is -0.396 e. The highest BCUT2D eigenvalue weighted by Crippen LogP contribution is 2.25. The Morgan fingerprint density at radius 1 is 1.56 bits per heavy atom. The normalized spacial score (nSPS) is 10.3. The van der Waals surface area contributed by atoms with Crippen molar-refractivity contribution < 1.29 is 10.0 Å². The molecule has 0 aromatic carbocycles. The van der Waals surface area contributed by atoms with Crippen molar-refractivity contribution >= 4 is 39.2 Å². The van der Waals surface area contributed by atoms with Gasteiger partial charge in [-0.15, -0.1) is 0 Å². The highest BCUT2D eigenvalue weighted by Gasteiger charge is 2.15. The second-order valence-corrected chi connectivity index (χ2v) is 5.54. The fraction of sp³-hybridized carbons (Fsp3) is 0.500. The average Bonchev–Trinajstić information content (AvgIpc) is 2.35. The fourth-order valence-electron chi connectivity index (χ4n) is 1.21. The van der Waals surface area contributed by atoms with Crippen LogP contribution in [0, 0.1) is 10.1 Å². The summed E-state index contributed by atoms with van der Waals surface area (Å²) < 4.78 is 0.581. The molecular weight excluding hydrogens is 322 g/mol. The minimum atomic E-state index is -0.459. The van der Waals surface area contributed by atoms with Gasteiger partial charge in [-0.1, -0.05) is 0 Å². The zero-order valence-electron chi connectivity index (χ0n) is 9.63. The smallest absolute Gasteiger partial charge is 0.312 e. The molecule has 0 atom stereocenters. The molecule has 8 heteroatoms. The lowest BCUT2D eigenvalue weighted by Crippen LogP contribution is -2.08. The molecule has 1 rings (SSSR count). The van der Waals surface area contributed by atoms with Gasteiger partial charge in [0.05, 0.1) is 4.92 Å². The van der Waals surface area contributed by atoms with Crippen molar-refractivity contribution in [2.45, 2.75) is 6.42 Å². The third kappa shape index (κ3) is 5.19. The Kier molecular flexibility index (Phi) is 6.99. The van der Waals surface area contributed by atoms with E-state index in [-0.39, 0.29) is 18.1 Å². The molecule has 0 unspecified atom stereocenters. The molecule has 0 saturated heterocycles. The van der Waals surface area contributed by atoms with Crippen molar-refractivity contribution in [3.63, 3.8) is 0 Å². The predicted molar refractivity (Wildman–Crippen MR) is 76.1 cm³/mol. The molecule has 1 aromatic rings. The lowest BCUT2D eigenvalue weighted by Gasteiger charge is -2.06. The van der Waals surface area contributed by atoms with Gasteiger partial charge in [0.2, 0.25) is 5.82 Å². The molecule has 0 fully saturated rings. The van der Waals surface area contributed by atoms with E-state index in [1.165, 1.54) is 12.3 Å². The van der Waals surface area contributed by atoms with Crippen LogP contribution in [0.5, 0.6) is 0 Å². The first kappa shape index (κ1) is 15.2. The molecule has 100 valence electrons. The molecule has 0 aliphatic rings. The van der Waals surface area contributed by atoms with E-state index in [0.717, 1.165) is 17.9 Å². The van der Waals surface area contributed by atoms with Crippen molar-refractivity contribution in [2.24, 2.45) is 0 Å². The first-order valence-electron chi connectivity index (χ1n) is 5.37. The Labute approximate surface area is 117 Å². The van der Waals surface area contributed by atoms with Crippen LogP contribution in [0.4, 0.5) is 11.5 Å². The maximum atomic E-state index is 10.8. The van der Waals surface area contributed by atoms with Crippen molar-refractivity contribution in [2.75, 3.05) is 30.0 Å². The lowest BCUT2D eigenvalue weighted by atomic mass is 10.4. The van der Waals surface area contributed by atoms with Gasteiger partial charge in [0.1, 0.15) is 0 Å². The van der Waals surface area contributed by atoms with Gasteiger partial charge in [-0.25, -0.2) is 4.98 Å². The molecule has 0 bridgehead atoms. The van der Waals surface area contributed by atoms with Crippen molar-refractivity contribution in [3.05, 3.63) is 26.9 Å². The zero-order chi connectivity index (χ0) is 13.4. The Balaban J connectivity index is 2.44. The van der Waals surface area contributed by atoms with Gasteiger partial charge in [-0.2, -0.15) is 11.8 Å². The summed E-state index contributed by atoms with van der Waals surface area (Å²) in [5.41, 5.74) is -0.0373. The molecule has 0 saturated carbocycles. The third-order valence-corrected chi connectivity index (χ3v) is 3.52. The van der Waals surface area contributed by atoms with Crippen molar-refractivity contribution in [1.29, 1.82) is 0 Å². The van der Waals surface area contributed by atoms with Gasteiger partial charge in [0.25, 0.3) is 0 Å². The standard InChI is InChI=1S/C10H14BrN3O3S/c11-8-6-9(14(16)17)10(13-7-8)12-2-5-18-4-1-3-15/h6-7,15H,1-5H2,(H,12,13). The van der Waals surface area contributed by atoms with Crippen LogP contribution >= 0.6 is 27.7 Å². The maximum Gasteiger partial charge on any atom is 0.312 e. The van der Waals surface area contributed by atoms with Gasteiger partial charge < -0.3 is 10.4 Å². The predicted octanol–water partition coefficient (Wildman–Crippen LogP) is 2.28. The SMILES string of the molecule is O=[N+]([O-])c1cc(Br)cnc1NCCSCCCO. The average molecular weight is 336 g/mol. The molecule has 0 radical (unpaired) electrons. The number of aromatic nitrogens is 1. The summed E-state index contributed by atoms with van der Waals surface area (Å²) in [6.07, 6.45) is 2.29. The van der Waals surface area contributed by atoms with Crippen LogP contribution in [-0.4, -0.2) is 39.7 Å². The summed E-state index contributed by atoms with van der Waals surface area (Å²) >= 11 is 4.84. The molecule has 0 spiro atoms. The molecule has 2 N–H and O–H groups in total. The third-order valence-electron chi connectivity index (χ3n) is 2.02. The van der Waals surface area contributed by atoms with E-state index in [2.05, 4.69) is 26.2 Å². The molecule has 1 aromatic heterocycles. The van der Waals surface area contributed by atoms with Gasteiger partial charge in [0, 0.05) is 35.6 Å². The number of thioether (sulfide) groups is 1. The largest absolute Gasteiger partial charge is 0.396 e. The van der Waals surface area contributed by atoms with Gasteiger partial charge in [-0.3, -0.25) is 10.1 Å². The van der Waals surface area contributed by atoms with Crippen LogP contribution in [0.25, 0.3) is 0 Å². The number of anilines is 1. The molecule has 6 nitrogen and oxygen atoms in total. The lowest BCUT2D eigenvalue weighted by molar-refractivity contribution is -0.384. The molecule has 0 aliphatic heterocycles. The minimum absolute atomic E-state index is 0.0373. The topological polar surface area (TPSA) is 88.3 Å². The summed E-state index contributed by atoms with van der Waals surface area (Å²) in [5, 5.41) is 22.4. The number of hydrogen-bond acceptors (Lipinski definition) is 6. The number of aliphatic hydroxyl groups is 1. The van der Waals surface area contributed by atoms with Crippen molar-refractivity contribution in [1.82, 2.24) is 4.98 Å². The van der Waals surface area contributed by atoms with Crippen LogP contribution in [0.2, 0.25) is 0 Å². The van der Waals surface area contributed by atoms with E-state index in [4.69, 9.17) is 5.11 Å². The van der Waals surface area contributed by atoms with E-state index in [1.807, 2.05) is 0 Å². The molecule has 0 aliphatic carbocycles. The Bertz CT molecular complexity index is 406. The number of nitrogens with one attached hydrogen (secondary N) is 1. The second-order valence-electron chi connectivity index (χ2n) is 3.39. The van der Waals surface area contributed by atoms with Gasteiger partial charge in [-0.05, 0) is 28.1 Å². The Morgan fingerprint density at radius 2 is 2.33 bits per heavy atom. The number of nitrogens with zero attached hydrogens (tertiary/aromatic N) is 2. The fourth-order valence-corrected chi connectivity index (χ4v) is 2.32. The monoisotopic (exact) mass is 335 g/mol. The molecule has 18 heavy (non-hydrogen) atoms. The first-order valence-corrected chi connectivity index (χ1v) is 7.32. The summed E-state index contributed by atoms with van der Waals surface area (Å²) in [5.74, 6) is 1.98. The van der Waals surface area contributed by atoms with E-state index < -0.39 is 4.92 Å². The maximum absolute atomic E-state index is 10.8. The van der Waals surface area contributed by atoms with Crippen LogP contribution in [0.3, 0.4) is 0 Å². The summed E-state index contributed by atoms with van der Waals surface area (Å²) in [6, 6.07) is 1.42. The summed E-state index contributed by atoms with van der Waals surface area (Å²) in [7, 11) is 0. The number of rotatable bonds is 8. The summed E-state index contributed by atoms with van der Waals surface area (Å²) in [6.45, 7) is 0.797. The number of pyridine rings is 1. The number of nitro groups is 1. The highest BCUT2D eigenvalue weighted by atomic mass is 79.9. The molecule has 0 amide bonds. The highest BCUT2D eigenvalue weighted by molar-refractivity contribution is 9.10. The van der Waals surface area contributed by atoms with Crippen LogP contribution in [0.15, 0.2) is 16.7 Å². The van der Waals surface area contributed by atoms with Gasteiger partial charge in [0.15, 0.2) is 0 Å². The number of hydrogen-bond donors (Lipinski definition) is 2. The van der Waals surface area contributed by atoms with Crippen LogP contribution in [0.1, 0.15) is 6.42 Å². The van der Waals surface area contributed by atoms with E-state index in [1.54, 1.807) is 11.8 Å². The molecular formula is C10H14BrN3O3S. The Hall–Kier alpha value is -0.860. The molecule has 1 heterocycles. The Morgan fingerprint density at radius 3 is 3.00 bits per heavy atom. The van der Waals surface area contributed by atoms with E-state index >= 15 is 0 Å². The number of halogens is 1. The second kappa shape index (κ2) is 8.28. The van der Waals surface area contributed by atoms with E-state index in [9.17, 15) is 10.1 Å². The quantitative estimate of drug-likeness (QED) is 0.430. The first-order chi connectivity index (χ1) is 8.65. The van der Waals surface area contributed by atoms with Crippen LogP contribution in [-0.2, 0) is 0 Å². The van der Waals surface area contributed by atoms with Gasteiger partial charge >= 0.3 is 5.69 Å². The van der Waals surface area contributed by atoms with E-state index in [0.29, 0.717) is 11.0 Å².